The highest BCUT2D eigenvalue weighted by Gasteiger charge is 2.22. The van der Waals surface area contributed by atoms with Gasteiger partial charge in [0.05, 0.1) is 0 Å². The van der Waals surface area contributed by atoms with Crippen molar-refractivity contribution in [2.75, 3.05) is 5.32 Å². The lowest BCUT2D eigenvalue weighted by molar-refractivity contribution is -0.139. The van der Waals surface area contributed by atoms with Gasteiger partial charge in [-0.25, -0.2) is 4.79 Å². The van der Waals surface area contributed by atoms with Crippen LogP contribution in [0.5, 0.6) is 0 Å². The van der Waals surface area contributed by atoms with Crippen LogP contribution in [0.25, 0.3) is 0 Å². The Morgan fingerprint density at radius 1 is 1.12 bits per heavy atom. The summed E-state index contributed by atoms with van der Waals surface area (Å²) in [7, 11) is 0. The normalized spacial score (nSPS) is 11.4. The SMILES string of the molecule is CC(=O)Nc1cccc(C(=O)N[C@@H](Cc2ccccc2I)C(=O)O)c1. The highest BCUT2D eigenvalue weighted by atomic mass is 127. The first-order valence-corrected chi connectivity index (χ1v) is 8.59. The molecule has 0 fully saturated rings. The first-order valence-electron chi connectivity index (χ1n) is 7.51. The summed E-state index contributed by atoms with van der Waals surface area (Å²) in [6.45, 7) is 1.37. The van der Waals surface area contributed by atoms with Crippen molar-refractivity contribution >= 4 is 46.1 Å². The summed E-state index contributed by atoms with van der Waals surface area (Å²) in [4.78, 5) is 35.0. The third kappa shape index (κ3) is 5.56. The third-order valence-electron chi connectivity index (χ3n) is 3.43. The van der Waals surface area contributed by atoms with Crippen LogP contribution in [-0.2, 0) is 16.0 Å². The van der Waals surface area contributed by atoms with E-state index in [1.807, 2.05) is 24.3 Å². The standard InChI is InChI=1S/C18H17IN2O4/c1-11(22)20-14-7-4-6-13(9-14)17(23)21-16(18(24)25)10-12-5-2-3-8-15(12)19/h2-9,16H,10H2,1H3,(H,20,22)(H,21,23)(H,24,25)/t16-/m0/s1. The van der Waals surface area contributed by atoms with Gasteiger partial charge in [0.25, 0.3) is 5.91 Å². The van der Waals surface area contributed by atoms with Crippen LogP contribution >= 0.6 is 22.6 Å². The molecule has 7 heteroatoms. The zero-order valence-electron chi connectivity index (χ0n) is 13.5. The number of aliphatic carboxylic acids is 1. The van der Waals surface area contributed by atoms with Crippen molar-refractivity contribution in [3.8, 4) is 0 Å². The summed E-state index contributed by atoms with van der Waals surface area (Å²) in [6, 6.07) is 12.7. The van der Waals surface area contributed by atoms with Gasteiger partial charge in [-0.3, -0.25) is 9.59 Å². The molecule has 0 radical (unpaired) electrons. The minimum Gasteiger partial charge on any atom is -0.480 e. The molecule has 0 spiro atoms. The maximum Gasteiger partial charge on any atom is 0.326 e. The number of hydrogen-bond donors (Lipinski definition) is 3. The number of carboxylic acid groups (broad SMARTS) is 1. The van der Waals surface area contributed by atoms with Crippen LogP contribution < -0.4 is 10.6 Å². The lowest BCUT2D eigenvalue weighted by Gasteiger charge is -2.16. The molecule has 6 nitrogen and oxygen atoms in total. The minimum absolute atomic E-state index is 0.186. The fraction of sp³-hybridized carbons (Fsp3) is 0.167. The second-order valence-corrected chi connectivity index (χ2v) is 6.58. The van der Waals surface area contributed by atoms with E-state index in [0.717, 1.165) is 9.13 Å². The predicted octanol–water partition coefficient (Wildman–Crippen LogP) is 2.68. The van der Waals surface area contributed by atoms with E-state index >= 15 is 0 Å². The third-order valence-corrected chi connectivity index (χ3v) is 4.48. The van der Waals surface area contributed by atoms with Crippen molar-refractivity contribution in [1.29, 1.82) is 0 Å². The van der Waals surface area contributed by atoms with Crippen LogP contribution in [0.3, 0.4) is 0 Å². The van der Waals surface area contributed by atoms with Crippen LogP contribution in [0.15, 0.2) is 48.5 Å². The van der Waals surface area contributed by atoms with Crippen molar-refractivity contribution in [2.45, 2.75) is 19.4 Å². The van der Waals surface area contributed by atoms with E-state index in [1.165, 1.54) is 13.0 Å². The molecule has 0 saturated carbocycles. The van der Waals surface area contributed by atoms with E-state index in [9.17, 15) is 19.5 Å². The Balaban J connectivity index is 2.14. The number of amides is 2. The van der Waals surface area contributed by atoms with Crippen LogP contribution in [0, 0.1) is 3.57 Å². The molecule has 0 aliphatic carbocycles. The monoisotopic (exact) mass is 452 g/mol. The lowest BCUT2D eigenvalue weighted by Crippen LogP contribution is -2.42. The van der Waals surface area contributed by atoms with Gasteiger partial charge in [0.1, 0.15) is 6.04 Å². The number of carbonyl (C=O) groups excluding carboxylic acids is 2. The van der Waals surface area contributed by atoms with Crippen molar-refractivity contribution in [1.82, 2.24) is 5.32 Å². The first-order chi connectivity index (χ1) is 11.9. The molecular weight excluding hydrogens is 435 g/mol. The van der Waals surface area contributed by atoms with Crippen LogP contribution in [0.4, 0.5) is 5.69 Å². The van der Waals surface area contributed by atoms with Gasteiger partial charge in [0, 0.05) is 28.2 Å². The van der Waals surface area contributed by atoms with Gasteiger partial charge in [-0.2, -0.15) is 0 Å². The molecule has 2 aromatic carbocycles. The Kier molecular flexibility index (Phi) is 6.51. The molecule has 0 aliphatic rings. The Labute approximate surface area is 158 Å². The van der Waals surface area contributed by atoms with Crippen LogP contribution in [0.1, 0.15) is 22.8 Å². The molecule has 2 amide bonds. The van der Waals surface area contributed by atoms with Gasteiger partial charge < -0.3 is 15.7 Å². The lowest BCUT2D eigenvalue weighted by atomic mass is 10.1. The van der Waals surface area contributed by atoms with Crippen molar-refractivity contribution < 1.29 is 19.5 Å². The van der Waals surface area contributed by atoms with E-state index in [-0.39, 0.29) is 17.9 Å². The zero-order valence-corrected chi connectivity index (χ0v) is 15.6. The molecular formula is C18H17IN2O4. The van der Waals surface area contributed by atoms with Crippen molar-refractivity contribution in [3.63, 3.8) is 0 Å². The van der Waals surface area contributed by atoms with Gasteiger partial charge in [0.2, 0.25) is 5.91 Å². The molecule has 130 valence electrons. The molecule has 2 aromatic rings. The van der Waals surface area contributed by atoms with Crippen molar-refractivity contribution in [2.24, 2.45) is 0 Å². The smallest absolute Gasteiger partial charge is 0.326 e. The van der Waals surface area contributed by atoms with Gasteiger partial charge >= 0.3 is 5.97 Å². The molecule has 0 aromatic heterocycles. The quantitative estimate of drug-likeness (QED) is 0.588. The van der Waals surface area contributed by atoms with Gasteiger partial charge in [-0.15, -0.1) is 0 Å². The Hall–Kier alpha value is -2.42. The fourth-order valence-corrected chi connectivity index (χ4v) is 2.87. The van der Waals surface area contributed by atoms with Crippen molar-refractivity contribution in [3.05, 3.63) is 63.2 Å². The number of carboxylic acids is 1. The van der Waals surface area contributed by atoms with Gasteiger partial charge in [-0.1, -0.05) is 24.3 Å². The summed E-state index contributed by atoms with van der Waals surface area (Å²) in [5.74, 6) is -1.86. The Morgan fingerprint density at radius 2 is 1.84 bits per heavy atom. The average Bonchev–Trinajstić information content (AvgIpc) is 2.55. The van der Waals surface area contributed by atoms with E-state index in [4.69, 9.17) is 0 Å². The van der Waals surface area contributed by atoms with E-state index in [0.29, 0.717) is 5.69 Å². The highest BCUT2D eigenvalue weighted by Crippen LogP contribution is 2.15. The molecule has 1 atom stereocenters. The maximum atomic E-state index is 12.4. The molecule has 0 bridgehead atoms. The van der Waals surface area contributed by atoms with E-state index in [2.05, 4.69) is 33.2 Å². The minimum atomic E-state index is -1.11. The fourth-order valence-electron chi connectivity index (χ4n) is 2.27. The average molecular weight is 452 g/mol. The molecule has 2 rings (SSSR count). The Morgan fingerprint density at radius 3 is 2.48 bits per heavy atom. The Bertz CT molecular complexity index is 807. The topological polar surface area (TPSA) is 95.5 Å². The molecule has 25 heavy (non-hydrogen) atoms. The summed E-state index contributed by atoms with van der Waals surface area (Å²) in [6.07, 6.45) is 0.186. The number of hydrogen-bond acceptors (Lipinski definition) is 3. The van der Waals surface area contributed by atoms with Crippen LogP contribution in [0.2, 0.25) is 0 Å². The maximum absolute atomic E-state index is 12.4. The summed E-state index contributed by atoms with van der Waals surface area (Å²) >= 11 is 2.13. The molecule has 0 saturated heterocycles. The number of carbonyl (C=O) groups is 3. The summed E-state index contributed by atoms with van der Waals surface area (Å²) < 4.78 is 0.938. The number of anilines is 1. The van der Waals surface area contributed by atoms with Gasteiger partial charge in [-0.05, 0) is 52.4 Å². The summed E-state index contributed by atoms with van der Waals surface area (Å²) in [5.41, 5.74) is 1.60. The predicted molar refractivity (Wildman–Crippen MR) is 102 cm³/mol. The molecule has 0 aliphatic heterocycles. The number of rotatable bonds is 6. The molecule has 0 heterocycles. The molecule has 0 unspecified atom stereocenters. The van der Waals surface area contributed by atoms with Gasteiger partial charge in [0.15, 0.2) is 0 Å². The number of benzene rings is 2. The van der Waals surface area contributed by atoms with Crippen LogP contribution in [-0.4, -0.2) is 28.9 Å². The van der Waals surface area contributed by atoms with E-state index in [1.54, 1.807) is 18.2 Å². The second-order valence-electron chi connectivity index (χ2n) is 5.42. The summed E-state index contributed by atoms with van der Waals surface area (Å²) in [5, 5.41) is 14.5. The second kappa shape index (κ2) is 8.61. The largest absolute Gasteiger partial charge is 0.480 e. The van der Waals surface area contributed by atoms with E-state index < -0.39 is 17.9 Å². The number of halogens is 1. The zero-order chi connectivity index (χ0) is 18.4. The first kappa shape index (κ1) is 18.9. The molecule has 3 N–H and O–H groups in total. The number of nitrogens with one attached hydrogen (secondary N) is 2. The highest BCUT2D eigenvalue weighted by molar-refractivity contribution is 14.1.